The first-order valence-corrected chi connectivity index (χ1v) is 10.2. The number of anilines is 2. The number of amides is 1. The normalized spacial score (nSPS) is 15.3. The van der Waals surface area contributed by atoms with Crippen LogP contribution in [0.5, 0.6) is 0 Å². The summed E-state index contributed by atoms with van der Waals surface area (Å²) in [6.45, 7) is 3.69. The number of hydrogen-bond donors (Lipinski definition) is 1. The highest BCUT2D eigenvalue weighted by atomic mass is 35.5. The zero-order valence-electron chi connectivity index (χ0n) is 14.5. The summed E-state index contributed by atoms with van der Waals surface area (Å²) in [6, 6.07) is 13.2. The summed E-state index contributed by atoms with van der Waals surface area (Å²) in [6.07, 6.45) is 0. The molecule has 140 valence electrons. The average Bonchev–Trinajstić information content (AvgIpc) is 3.09. The summed E-state index contributed by atoms with van der Waals surface area (Å²) < 4.78 is 1.20. The Hall–Kier alpha value is -1.86. The van der Waals surface area contributed by atoms with Gasteiger partial charge in [0.25, 0.3) is 0 Å². The number of para-hydroxylation sites is 1. The Kier molecular flexibility index (Phi) is 5.50. The second-order valence-electron chi connectivity index (χ2n) is 6.40. The van der Waals surface area contributed by atoms with E-state index in [0.29, 0.717) is 22.3 Å². The quantitative estimate of drug-likeness (QED) is 0.680. The molecule has 1 amide bonds. The molecule has 1 N–H and O–H groups in total. The lowest BCUT2D eigenvalue weighted by molar-refractivity contribution is -0.117. The molecule has 1 fully saturated rings. The standard InChI is InChI=1S/C19H18Cl2N4OS/c20-13-5-6-15(14(21)11-13)22-18(26)12-24-7-9-25(10-8-24)19-23-16-3-1-2-4-17(16)27-19/h1-6,11H,7-10,12H2,(H,22,26). The van der Waals surface area contributed by atoms with Gasteiger partial charge in [0.1, 0.15) is 0 Å². The first kappa shape index (κ1) is 18.5. The zero-order chi connectivity index (χ0) is 18.8. The second kappa shape index (κ2) is 8.02. The molecule has 0 atom stereocenters. The Morgan fingerprint density at radius 3 is 2.63 bits per heavy atom. The summed E-state index contributed by atoms with van der Waals surface area (Å²) in [5.74, 6) is -0.0762. The number of hydrogen-bond acceptors (Lipinski definition) is 5. The molecule has 2 heterocycles. The molecular weight excluding hydrogens is 403 g/mol. The van der Waals surface area contributed by atoms with Gasteiger partial charge in [0, 0.05) is 31.2 Å². The van der Waals surface area contributed by atoms with Crippen LogP contribution in [0.25, 0.3) is 10.2 Å². The lowest BCUT2D eigenvalue weighted by Gasteiger charge is -2.34. The number of benzene rings is 2. The predicted octanol–water partition coefficient (Wildman–Crippen LogP) is 4.36. The Morgan fingerprint density at radius 1 is 1.11 bits per heavy atom. The minimum Gasteiger partial charge on any atom is -0.345 e. The van der Waals surface area contributed by atoms with Gasteiger partial charge in [-0.2, -0.15) is 0 Å². The zero-order valence-corrected chi connectivity index (χ0v) is 16.8. The maximum atomic E-state index is 12.3. The summed E-state index contributed by atoms with van der Waals surface area (Å²) in [4.78, 5) is 21.5. The van der Waals surface area contributed by atoms with Gasteiger partial charge in [-0.05, 0) is 30.3 Å². The molecule has 27 heavy (non-hydrogen) atoms. The third-order valence-electron chi connectivity index (χ3n) is 4.50. The molecule has 4 rings (SSSR count). The summed E-state index contributed by atoms with van der Waals surface area (Å²) in [5.41, 5.74) is 1.62. The molecule has 0 bridgehead atoms. The van der Waals surface area contributed by atoms with E-state index in [-0.39, 0.29) is 5.91 Å². The molecule has 2 aromatic carbocycles. The SMILES string of the molecule is O=C(CN1CCN(c2nc3ccccc3s2)CC1)Nc1ccc(Cl)cc1Cl. The van der Waals surface area contributed by atoms with E-state index in [4.69, 9.17) is 28.2 Å². The highest BCUT2D eigenvalue weighted by Gasteiger charge is 2.21. The fraction of sp³-hybridized carbons (Fsp3) is 0.263. The van der Waals surface area contributed by atoms with Crippen molar-refractivity contribution in [3.05, 3.63) is 52.5 Å². The number of carbonyl (C=O) groups excluding carboxylic acids is 1. The van der Waals surface area contributed by atoms with E-state index in [1.165, 1.54) is 4.70 Å². The topological polar surface area (TPSA) is 48.5 Å². The highest BCUT2D eigenvalue weighted by Crippen LogP contribution is 2.29. The predicted molar refractivity (Wildman–Crippen MR) is 113 cm³/mol. The van der Waals surface area contributed by atoms with Crippen LogP contribution in [-0.4, -0.2) is 48.5 Å². The van der Waals surface area contributed by atoms with Crippen molar-refractivity contribution >= 4 is 61.5 Å². The number of piperazine rings is 1. The van der Waals surface area contributed by atoms with Crippen molar-refractivity contribution < 1.29 is 4.79 Å². The van der Waals surface area contributed by atoms with E-state index in [1.54, 1.807) is 29.5 Å². The van der Waals surface area contributed by atoms with Crippen LogP contribution in [-0.2, 0) is 4.79 Å². The Bertz CT molecular complexity index is 936. The van der Waals surface area contributed by atoms with E-state index in [1.807, 2.05) is 18.2 Å². The third kappa shape index (κ3) is 4.35. The van der Waals surface area contributed by atoms with Crippen LogP contribution in [0.15, 0.2) is 42.5 Å². The second-order valence-corrected chi connectivity index (χ2v) is 8.25. The number of rotatable bonds is 4. The van der Waals surface area contributed by atoms with Gasteiger partial charge in [0.2, 0.25) is 5.91 Å². The van der Waals surface area contributed by atoms with Crippen LogP contribution < -0.4 is 10.2 Å². The van der Waals surface area contributed by atoms with Crippen LogP contribution in [0.2, 0.25) is 10.0 Å². The van der Waals surface area contributed by atoms with Crippen LogP contribution in [0.3, 0.4) is 0 Å². The smallest absolute Gasteiger partial charge is 0.238 e. The van der Waals surface area contributed by atoms with Crippen molar-refractivity contribution in [2.45, 2.75) is 0 Å². The van der Waals surface area contributed by atoms with Crippen molar-refractivity contribution in [3.8, 4) is 0 Å². The Balaban J connectivity index is 1.31. The third-order valence-corrected chi connectivity index (χ3v) is 6.14. The molecular formula is C19H18Cl2N4OS. The van der Waals surface area contributed by atoms with E-state index in [9.17, 15) is 4.79 Å². The first-order valence-electron chi connectivity index (χ1n) is 8.66. The number of aromatic nitrogens is 1. The van der Waals surface area contributed by atoms with E-state index in [0.717, 1.165) is 36.8 Å². The lowest BCUT2D eigenvalue weighted by atomic mass is 10.3. The number of fused-ring (bicyclic) bond motifs is 1. The minimum atomic E-state index is -0.0762. The number of carbonyl (C=O) groups is 1. The minimum absolute atomic E-state index is 0.0762. The lowest BCUT2D eigenvalue weighted by Crippen LogP contribution is -2.48. The van der Waals surface area contributed by atoms with Crippen LogP contribution >= 0.6 is 34.5 Å². The van der Waals surface area contributed by atoms with Gasteiger partial charge in [-0.3, -0.25) is 9.69 Å². The number of halogens is 2. The molecule has 1 aliphatic rings. The molecule has 0 aliphatic carbocycles. The summed E-state index contributed by atoms with van der Waals surface area (Å²) >= 11 is 13.7. The van der Waals surface area contributed by atoms with E-state index >= 15 is 0 Å². The molecule has 0 radical (unpaired) electrons. The van der Waals surface area contributed by atoms with Gasteiger partial charge < -0.3 is 10.2 Å². The maximum Gasteiger partial charge on any atom is 0.238 e. The molecule has 0 spiro atoms. The summed E-state index contributed by atoms with van der Waals surface area (Å²) in [7, 11) is 0. The average molecular weight is 421 g/mol. The van der Waals surface area contributed by atoms with Gasteiger partial charge in [0.15, 0.2) is 5.13 Å². The van der Waals surface area contributed by atoms with Gasteiger partial charge in [-0.25, -0.2) is 4.98 Å². The molecule has 8 heteroatoms. The highest BCUT2D eigenvalue weighted by molar-refractivity contribution is 7.22. The number of nitrogens with zero attached hydrogens (tertiary/aromatic N) is 3. The van der Waals surface area contributed by atoms with E-state index < -0.39 is 0 Å². The van der Waals surface area contributed by atoms with Gasteiger partial charge in [0.05, 0.1) is 27.5 Å². The summed E-state index contributed by atoms with van der Waals surface area (Å²) in [5, 5.41) is 4.89. The Labute approximate surface area is 171 Å². The molecule has 0 saturated carbocycles. The molecule has 1 aromatic heterocycles. The van der Waals surface area contributed by atoms with Crippen LogP contribution in [0, 0.1) is 0 Å². The van der Waals surface area contributed by atoms with Crippen molar-refractivity contribution in [2.75, 3.05) is 42.9 Å². The van der Waals surface area contributed by atoms with Crippen molar-refractivity contribution in [1.29, 1.82) is 0 Å². The van der Waals surface area contributed by atoms with E-state index in [2.05, 4.69) is 21.2 Å². The monoisotopic (exact) mass is 420 g/mol. The first-order chi connectivity index (χ1) is 13.1. The molecule has 5 nitrogen and oxygen atoms in total. The van der Waals surface area contributed by atoms with Crippen molar-refractivity contribution in [1.82, 2.24) is 9.88 Å². The fourth-order valence-electron chi connectivity index (χ4n) is 3.08. The number of thiazole rings is 1. The van der Waals surface area contributed by atoms with Gasteiger partial charge >= 0.3 is 0 Å². The number of nitrogens with one attached hydrogen (secondary N) is 1. The maximum absolute atomic E-state index is 12.3. The molecule has 3 aromatic rings. The molecule has 1 saturated heterocycles. The van der Waals surface area contributed by atoms with Crippen LogP contribution in [0.1, 0.15) is 0 Å². The van der Waals surface area contributed by atoms with Gasteiger partial charge in [-0.15, -0.1) is 0 Å². The molecule has 1 aliphatic heterocycles. The van der Waals surface area contributed by atoms with Gasteiger partial charge in [-0.1, -0.05) is 46.7 Å². The Morgan fingerprint density at radius 2 is 1.89 bits per heavy atom. The van der Waals surface area contributed by atoms with Crippen molar-refractivity contribution in [2.24, 2.45) is 0 Å². The molecule has 0 unspecified atom stereocenters. The van der Waals surface area contributed by atoms with Crippen LogP contribution in [0.4, 0.5) is 10.8 Å². The largest absolute Gasteiger partial charge is 0.345 e. The fourth-order valence-corrected chi connectivity index (χ4v) is 4.55. The van der Waals surface area contributed by atoms with Crippen molar-refractivity contribution in [3.63, 3.8) is 0 Å².